The minimum absolute atomic E-state index is 0.337. The number of ether oxygens (including phenoxy) is 1. The molecule has 102 valence electrons. The van der Waals surface area contributed by atoms with Crippen LogP contribution in [-0.2, 0) is 14.3 Å². The third-order valence-corrected chi connectivity index (χ3v) is 4.42. The molecule has 0 aromatic rings. The summed E-state index contributed by atoms with van der Waals surface area (Å²) in [6, 6.07) is 0. The fraction of sp³-hybridized carbons (Fsp3) is 0.625. The van der Waals surface area contributed by atoms with Crippen LogP contribution in [0.5, 0.6) is 0 Å². The van der Waals surface area contributed by atoms with Gasteiger partial charge in [-0.15, -0.1) is 0 Å². The normalized spacial score (nSPS) is 30.1. The van der Waals surface area contributed by atoms with E-state index in [0.717, 1.165) is 19.3 Å². The molecule has 2 bridgehead atoms. The van der Waals surface area contributed by atoms with Gasteiger partial charge in [0, 0.05) is 0 Å². The number of fused-ring (bicyclic) bond motifs is 4. The van der Waals surface area contributed by atoms with Crippen molar-refractivity contribution in [2.24, 2.45) is 11.8 Å². The third kappa shape index (κ3) is 2.38. The lowest BCUT2D eigenvalue weighted by Crippen LogP contribution is -2.08. The predicted molar refractivity (Wildman–Crippen MR) is 71.2 cm³/mol. The first-order valence-corrected chi connectivity index (χ1v) is 7.39. The number of hydrogen-bond acceptors (Lipinski definition) is 3. The summed E-state index contributed by atoms with van der Waals surface area (Å²) in [6.45, 7) is 2.22. The van der Waals surface area contributed by atoms with Crippen molar-refractivity contribution in [3.05, 3.63) is 22.8 Å². The van der Waals surface area contributed by atoms with Crippen molar-refractivity contribution >= 4 is 11.9 Å². The molecule has 0 amide bonds. The monoisotopic (exact) mass is 260 g/mol. The van der Waals surface area contributed by atoms with E-state index in [1.165, 1.54) is 25.7 Å². The molecule has 1 aliphatic heterocycles. The van der Waals surface area contributed by atoms with Gasteiger partial charge in [-0.2, -0.15) is 0 Å². The van der Waals surface area contributed by atoms with Crippen LogP contribution in [-0.4, -0.2) is 11.9 Å². The second-order valence-corrected chi connectivity index (χ2v) is 5.86. The zero-order valence-electron chi connectivity index (χ0n) is 11.4. The Hall–Kier alpha value is -1.38. The first-order chi connectivity index (χ1) is 9.20. The van der Waals surface area contributed by atoms with Gasteiger partial charge in [0.2, 0.25) is 0 Å². The molecule has 0 spiro atoms. The van der Waals surface area contributed by atoms with Crippen LogP contribution in [0.15, 0.2) is 22.8 Å². The minimum atomic E-state index is -0.373. The molecule has 0 aromatic carbocycles. The van der Waals surface area contributed by atoms with Crippen molar-refractivity contribution in [1.82, 2.24) is 0 Å². The number of carbonyl (C=O) groups is 2. The van der Waals surface area contributed by atoms with E-state index in [2.05, 4.69) is 17.7 Å². The van der Waals surface area contributed by atoms with Crippen LogP contribution in [0.25, 0.3) is 0 Å². The smallest absolute Gasteiger partial charge is 0.342 e. The predicted octanol–water partition coefficient (Wildman–Crippen LogP) is 3.30. The summed E-state index contributed by atoms with van der Waals surface area (Å²) in [4.78, 5) is 22.3. The maximum atomic E-state index is 11.2. The van der Waals surface area contributed by atoms with Gasteiger partial charge in [-0.05, 0) is 50.4 Å². The topological polar surface area (TPSA) is 43.4 Å². The second kappa shape index (κ2) is 4.95. The molecule has 0 radical (unpaired) electrons. The fourth-order valence-corrected chi connectivity index (χ4v) is 3.32. The van der Waals surface area contributed by atoms with Crippen molar-refractivity contribution in [1.29, 1.82) is 0 Å². The molecular formula is C16H20O3. The summed E-state index contributed by atoms with van der Waals surface area (Å²) in [7, 11) is 0. The Bertz CT molecular complexity index is 448. The van der Waals surface area contributed by atoms with Gasteiger partial charge >= 0.3 is 11.9 Å². The van der Waals surface area contributed by atoms with Crippen LogP contribution < -0.4 is 0 Å². The molecule has 2 unspecified atom stereocenters. The summed E-state index contributed by atoms with van der Waals surface area (Å²) in [6.07, 6.45) is 10.9. The highest BCUT2D eigenvalue weighted by Crippen LogP contribution is 2.51. The van der Waals surface area contributed by atoms with Crippen molar-refractivity contribution in [3.63, 3.8) is 0 Å². The molecule has 4 aliphatic rings. The van der Waals surface area contributed by atoms with E-state index < -0.39 is 0 Å². The maximum Gasteiger partial charge on any atom is 0.342 e. The number of unbranched alkanes of at least 4 members (excludes halogenated alkanes) is 1. The average molecular weight is 260 g/mol. The molecule has 0 saturated heterocycles. The molecule has 3 aliphatic carbocycles. The van der Waals surface area contributed by atoms with Crippen LogP contribution in [0, 0.1) is 11.8 Å². The van der Waals surface area contributed by atoms with Crippen molar-refractivity contribution < 1.29 is 14.3 Å². The molecule has 2 fully saturated rings. The Morgan fingerprint density at radius 3 is 2.16 bits per heavy atom. The van der Waals surface area contributed by atoms with E-state index >= 15 is 0 Å². The maximum absolute atomic E-state index is 11.2. The van der Waals surface area contributed by atoms with Crippen molar-refractivity contribution in [3.8, 4) is 0 Å². The quantitative estimate of drug-likeness (QED) is 0.434. The average Bonchev–Trinajstić information content (AvgIpc) is 2.86. The van der Waals surface area contributed by atoms with Gasteiger partial charge in [0.25, 0.3) is 0 Å². The highest BCUT2D eigenvalue weighted by atomic mass is 16.6. The molecule has 2 atom stereocenters. The van der Waals surface area contributed by atoms with Crippen LogP contribution in [0.1, 0.15) is 51.9 Å². The number of esters is 2. The fourth-order valence-electron chi connectivity index (χ4n) is 3.32. The molecule has 0 aromatic heterocycles. The number of allylic oxidation sites excluding steroid dienone is 2. The Labute approximate surface area is 113 Å². The zero-order valence-corrected chi connectivity index (χ0v) is 11.4. The van der Waals surface area contributed by atoms with E-state index in [1.54, 1.807) is 5.57 Å². The standard InChI is InChI=1S/C9H8O3.C7H12/c10-8-6-4-1-2-5(3-4)7(6)9(11)12-8;1-2-3-4-7-5-6-7/h4-5H,1-3H2;4H,2-3,5-6H2,1H3. The van der Waals surface area contributed by atoms with Gasteiger partial charge in [0.1, 0.15) is 0 Å². The number of hydrogen-bond donors (Lipinski definition) is 0. The highest BCUT2D eigenvalue weighted by Gasteiger charge is 2.50. The Balaban J connectivity index is 0.000000136. The number of rotatable bonds is 2. The van der Waals surface area contributed by atoms with Gasteiger partial charge in [-0.1, -0.05) is 25.0 Å². The first kappa shape index (κ1) is 12.6. The largest absolute Gasteiger partial charge is 0.386 e. The Kier molecular flexibility index (Phi) is 3.29. The number of carbonyl (C=O) groups excluding carboxylic acids is 2. The Morgan fingerprint density at radius 2 is 1.68 bits per heavy atom. The summed E-state index contributed by atoms with van der Waals surface area (Å²) in [5.41, 5.74) is 3.09. The Morgan fingerprint density at radius 1 is 1.11 bits per heavy atom. The molecule has 3 heteroatoms. The summed E-state index contributed by atoms with van der Waals surface area (Å²) in [5, 5.41) is 0. The van der Waals surface area contributed by atoms with E-state index in [0.29, 0.717) is 23.0 Å². The van der Waals surface area contributed by atoms with E-state index in [4.69, 9.17) is 0 Å². The van der Waals surface area contributed by atoms with E-state index in [-0.39, 0.29) is 11.9 Å². The van der Waals surface area contributed by atoms with Crippen LogP contribution in [0.3, 0.4) is 0 Å². The van der Waals surface area contributed by atoms with Gasteiger partial charge in [-0.25, -0.2) is 9.59 Å². The molecule has 3 nitrogen and oxygen atoms in total. The molecule has 0 N–H and O–H groups in total. The lowest BCUT2D eigenvalue weighted by atomic mass is 9.93. The van der Waals surface area contributed by atoms with Crippen molar-refractivity contribution in [2.75, 3.05) is 0 Å². The van der Waals surface area contributed by atoms with Gasteiger partial charge in [-0.3, -0.25) is 0 Å². The minimum Gasteiger partial charge on any atom is -0.386 e. The van der Waals surface area contributed by atoms with Crippen LogP contribution in [0.4, 0.5) is 0 Å². The molecule has 1 heterocycles. The molecule has 4 rings (SSSR count). The number of cyclic esters (lactones) is 2. The van der Waals surface area contributed by atoms with Gasteiger partial charge < -0.3 is 4.74 Å². The summed E-state index contributed by atoms with van der Waals surface area (Å²) in [5.74, 6) is -0.0719. The molecular weight excluding hydrogens is 240 g/mol. The SMILES string of the molecule is CCCC=C1CC1.O=C1OC(=O)C2=C1C1CCC2C1. The van der Waals surface area contributed by atoms with Crippen LogP contribution >= 0.6 is 0 Å². The van der Waals surface area contributed by atoms with E-state index in [1.807, 2.05) is 0 Å². The third-order valence-electron chi connectivity index (χ3n) is 4.42. The summed E-state index contributed by atoms with van der Waals surface area (Å²) >= 11 is 0. The van der Waals surface area contributed by atoms with Crippen molar-refractivity contribution in [2.45, 2.75) is 51.9 Å². The van der Waals surface area contributed by atoms with Gasteiger partial charge in [0.05, 0.1) is 11.1 Å². The second-order valence-electron chi connectivity index (χ2n) is 5.86. The molecule has 19 heavy (non-hydrogen) atoms. The molecule has 2 saturated carbocycles. The lowest BCUT2D eigenvalue weighted by molar-refractivity contribution is -0.151. The first-order valence-electron chi connectivity index (χ1n) is 7.39. The van der Waals surface area contributed by atoms with Gasteiger partial charge in [0.15, 0.2) is 0 Å². The van der Waals surface area contributed by atoms with Crippen LogP contribution in [0.2, 0.25) is 0 Å². The zero-order chi connectivity index (χ0) is 13.4. The lowest BCUT2D eigenvalue weighted by Gasteiger charge is -2.06. The highest BCUT2D eigenvalue weighted by molar-refractivity contribution is 6.13. The summed E-state index contributed by atoms with van der Waals surface area (Å²) < 4.78 is 4.56. The van der Waals surface area contributed by atoms with E-state index in [9.17, 15) is 9.59 Å².